The van der Waals surface area contributed by atoms with Crippen LogP contribution in [0.5, 0.6) is 0 Å². The van der Waals surface area contributed by atoms with Crippen molar-refractivity contribution < 1.29 is 9.53 Å². The Morgan fingerprint density at radius 1 is 1.21 bits per heavy atom. The molecule has 0 spiro atoms. The number of thioether (sulfide) groups is 1. The molecule has 33 heavy (non-hydrogen) atoms. The van der Waals surface area contributed by atoms with E-state index in [-0.39, 0.29) is 23.6 Å². The standard InChI is InChI=1S/C24H28N4O3S2/c1-15-9-10-20-26-21(25-16-6-3-2-4-7-16)18(22(29)27(20)13-15)12-19-23(30)28(24(32)33-19)14-17-8-5-11-31-17/h9-10,12-13,16-17,25H,2-8,11,14H2,1H3. The molecule has 1 saturated carbocycles. The third kappa shape index (κ3) is 4.72. The summed E-state index contributed by atoms with van der Waals surface area (Å²) < 4.78 is 7.76. The van der Waals surface area contributed by atoms with Gasteiger partial charge in [-0.1, -0.05) is 49.3 Å². The number of carbonyl (C=O) groups excluding carboxylic acids is 1. The van der Waals surface area contributed by atoms with Crippen LogP contribution >= 0.6 is 24.0 Å². The SMILES string of the molecule is Cc1ccc2nc(NC3CCCCC3)c(C=C3SC(=S)N(CC4CCCO4)C3=O)c(=O)n2c1. The molecule has 2 aromatic rings. The predicted octanol–water partition coefficient (Wildman–Crippen LogP) is 4.13. The van der Waals surface area contributed by atoms with Gasteiger partial charge < -0.3 is 10.1 Å². The fourth-order valence-electron chi connectivity index (χ4n) is 4.72. The Kier molecular flexibility index (Phi) is 6.53. The Hall–Kier alpha value is -2.23. The van der Waals surface area contributed by atoms with Crippen molar-refractivity contribution in [3.05, 3.63) is 44.7 Å². The summed E-state index contributed by atoms with van der Waals surface area (Å²) >= 11 is 6.73. The molecule has 2 saturated heterocycles. The topological polar surface area (TPSA) is 75.9 Å². The molecule has 0 radical (unpaired) electrons. The number of nitrogens with one attached hydrogen (secondary N) is 1. The molecular weight excluding hydrogens is 456 g/mol. The molecular formula is C24H28N4O3S2. The molecule has 2 aromatic heterocycles. The van der Waals surface area contributed by atoms with Crippen molar-refractivity contribution in [2.75, 3.05) is 18.5 Å². The van der Waals surface area contributed by atoms with Gasteiger partial charge >= 0.3 is 0 Å². The number of amides is 1. The molecule has 4 heterocycles. The first kappa shape index (κ1) is 22.6. The van der Waals surface area contributed by atoms with Gasteiger partial charge in [0.1, 0.15) is 15.8 Å². The summed E-state index contributed by atoms with van der Waals surface area (Å²) in [6.45, 7) is 3.13. The zero-order valence-corrected chi connectivity index (χ0v) is 20.3. The lowest BCUT2D eigenvalue weighted by Crippen LogP contribution is -2.35. The molecule has 1 aliphatic carbocycles. The number of anilines is 1. The zero-order chi connectivity index (χ0) is 22.9. The summed E-state index contributed by atoms with van der Waals surface area (Å²) in [6.07, 6.45) is 11.1. The second-order valence-corrected chi connectivity index (χ2v) is 10.7. The largest absolute Gasteiger partial charge is 0.376 e. The van der Waals surface area contributed by atoms with Crippen molar-refractivity contribution >= 4 is 51.7 Å². The Morgan fingerprint density at radius 3 is 2.79 bits per heavy atom. The van der Waals surface area contributed by atoms with Gasteiger partial charge in [-0.15, -0.1) is 0 Å². The number of pyridine rings is 1. The van der Waals surface area contributed by atoms with Crippen LogP contribution in [0.1, 0.15) is 56.1 Å². The molecule has 5 rings (SSSR count). The minimum Gasteiger partial charge on any atom is -0.376 e. The predicted molar refractivity (Wildman–Crippen MR) is 136 cm³/mol. The van der Waals surface area contributed by atoms with E-state index < -0.39 is 0 Å². The first-order valence-corrected chi connectivity index (χ1v) is 12.9. The molecule has 1 N–H and O–H groups in total. The van der Waals surface area contributed by atoms with Crippen LogP contribution in [0.4, 0.5) is 5.82 Å². The van der Waals surface area contributed by atoms with Crippen molar-refractivity contribution in [3.63, 3.8) is 0 Å². The van der Waals surface area contributed by atoms with Crippen LogP contribution in [0.3, 0.4) is 0 Å². The normalized spacial score (nSPS) is 23.2. The highest BCUT2D eigenvalue weighted by Crippen LogP contribution is 2.34. The Morgan fingerprint density at radius 2 is 2.03 bits per heavy atom. The molecule has 3 aliphatic rings. The lowest BCUT2D eigenvalue weighted by molar-refractivity contribution is -0.123. The van der Waals surface area contributed by atoms with E-state index in [1.54, 1.807) is 21.6 Å². The summed E-state index contributed by atoms with van der Waals surface area (Å²) in [7, 11) is 0. The number of fused-ring (bicyclic) bond motifs is 1. The highest BCUT2D eigenvalue weighted by Gasteiger charge is 2.35. The van der Waals surface area contributed by atoms with Crippen LogP contribution in [0, 0.1) is 6.92 Å². The number of nitrogens with zero attached hydrogens (tertiary/aromatic N) is 3. The molecule has 9 heteroatoms. The highest BCUT2D eigenvalue weighted by molar-refractivity contribution is 8.26. The summed E-state index contributed by atoms with van der Waals surface area (Å²) in [5.41, 5.74) is 1.77. The minimum atomic E-state index is -0.189. The molecule has 2 aliphatic heterocycles. The number of aromatic nitrogens is 2. The van der Waals surface area contributed by atoms with Gasteiger partial charge in [0.05, 0.1) is 23.1 Å². The fourth-order valence-corrected chi connectivity index (χ4v) is 5.98. The third-order valence-corrected chi connectivity index (χ3v) is 7.89. The van der Waals surface area contributed by atoms with Crippen molar-refractivity contribution in [2.24, 2.45) is 0 Å². The van der Waals surface area contributed by atoms with Crippen LogP contribution < -0.4 is 10.9 Å². The maximum Gasteiger partial charge on any atom is 0.267 e. The molecule has 7 nitrogen and oxygen atoms in total. The van der Waals surface area contributed by atoms with Crippen molar-refractivity contribution in [2.45, 2.75) is 64.0 Å². The number of carbonyl (C=O) groups is 1. The van der Waals surface area contributed by atoms with Crippen LogP contribution in [-0.2, 0) is 9.53 Å². The average Bonchev–Trinajstić information content (AvgIpc) is 3.42. The van der Waals surface area contributed by atoms with Crippen molar-refractivity contribution in [1.82, 2.24) is 14.3 Å². The summed E-state index contributed by atoms with van der Waals surface area (Å²) in [5.74, 6) is 0.373. The first-order chi connectivity index (χ1) is 16.0. The monoisotopic (exact) mass is 484 g/mol. The second-order valence-electron chi connectivity index (χ2n) is 9.02. The van der Waals surface area contributed by atoms with E-state index in [1.165, 1.54) is 31.0 Å². The fraction of sp³-hybridized carbons (Fsp3) is 0.500. The molecule has 1 amide bonds. The van der Waals surface area contributed by atoms with E-state index >= 15 is 0 Å². The van der Waals surface area contributed by atoms with Crippen molar-refractivity contribution in [1.29, 1.82) is 0 Å². The smallest absolute Gasteiger partial charge is 0.267 e. The molecule has 1 unspecified atom stereocenters. The van der Waals surface area contributed by atoms with E-state index in [0.717, 1.165) is 37.9 Å². The first-order valence-electron chi connectivity index (χ1n) is 11.7. The second kappa shape index (κ2) is 9.56. The van der Waals surface area contributed by atoms with Gasteiger partial charge in [-0.05, 0) is 50.3 Å². The maximum absolute atomic E-state index is 13.5. The van der Waals surface area contributed by atoms with Gasteiger partial charge in [-0.3, -0.25) is 18.9 Å². The van der Waals surface area contributed by atoms with E-state index in [4.69, 9.17) is 21.9 Å². The molecule has 0 bridgehead atoms. The van der Waals surface area contributed by atoms with Crippen molar-refractivity contribution in [3.8, 4) is 0 Å². The number of rotatable bonds is 5. The van der Waals surface area contributed by atoms with Gasteiger partial charge in [0, 0.05) is 18.8 Å². The van der Waals surface area contributed by atoms with Gasteiger partial charge in [0.2, 0.25) is 0 Å². The number of aryl methyl sites for hydroxylation is 1. The number of hydrogen-bond acceptors (Lipinski definition) is 7. The van der Waals surface area contributed by atoms with E-state index in [1.807, 2.05) is 19.1 Å². The summed E-state index contributed by atoms with van der Waals surface area (Å²) in [6, 6.07) is 4.08. The Balaban J connectivity index is 1.52. The lowest BCUT2D eigenvalue weighted by Gasteiger charge is -2.24. The zero-order valence-electron chi connectivity index (χ0n) is 18.7. The summed E-state index contributed by atoms with van der Waals surface area (Å²) in [4.78, 5) is 33.6. The van der Waals surface area contributed by atoms with Crippen LogP contribution in [0.15, 0.2) is 28.0 Å². The number of hydrogen-bond donors (Lipinski definition) is 1. The Labute approximate surface area is 202 Å². The molecule has 1 atom stereocenters. The van der Waals surface area contributed by atoms with Crippen LogP contribution in [0.2, 0.25) is 0 Å². The lowest BCUT2D eigenvalue weighted by atomic mass is 9.95. The van der Waals surface area contributed by atoms with Gasteiger partial charge in [0.15, 0.2) is 0 Å². The quantitative estimate of drug-likeness (QED) is 0.505. The molecule has 0 aromatic carbocycles. The minimum absolute atomic E-state index is 0.0197. The van der Waals surface area contributed by atoms with Crippen LogP contribution in [-0.4, -0.2) is 49.8 Å². The summed E-state index contributed by atoms with van der Waals surface area (Å²) in [5, 5.41) is 3.51. The Bertz CT molecular complexity index is 1180. The van der Waals surface area contributed by atoms with E-state index in [0.29, 0.717) is 32.8 Å². The van der Waals surface area contributed by atoms with Gasteiger partial charge in [-0.25, -0.2) is 4.98 Å². The van der Waals surface area contributed by atoms with E-state index in [9.17, 15) is 9.59 Å². The van der Waals surface area contributed by atoms with Crippen LogP contribution in [0.25, 0.3) is 11.7 Å². The molecule has 174 valence electrons. The van der Waals surface area contributed by atoms with E-state index in [2.05, 4.69) is 5.32 Å². The average molecular weight is 485 g/mol. The highest BCUT2D eigenvalue weighted by atomic mass is 32.2. The van der Waals surface area contributed by atoms with Gasteiger partial charge in [-0.2, -0.15) is 0 Å². The molecule has 3 fully saturated rings. The van der Waals surface area contributed by atoms with Gasteiger partial charge in [0.25, 0.3) is 11.5 Å². The maximum atomic E-state index is 13.5. The number of ether oxygens (including phenoxy) is 1. The number of thiocarbonyl (C=S) groups is 1. The third-order valence-electron chi connectivity index (χ3n) is 6.51.